The van der Waals surface area contributed by atoms with Gasteiger partial charge in [0.05, 0.1) is 4.90 Å². The lowest BCUT2D eigenvalue weighted by molar-refractivity contribution is 0.0953. The Labute approximate surface area is 173 Å². The standard InChI is InChI=1S/C22H20F2N2O3S/c23-20-13-12-19(15-21(20)24)30(28,29)26-18-10-8-17(9-11-18)22(27)25-14-4-7-16-5-2-1-3-6-16/h1-3,5-6,8-13,15,26H,4,7,14H2,(H,25,27). The summed E-state index contributed by atoms with van der Waals surface area (Å²) >= 11 is 0. The predicted molar refractivity (Wildman–Crippen MR) is 111 cm³/mol. The second-order valence-electron chi connectivity index (χ2n) is 6.60. The zero-order valence-electron chi connectivity index (χ0n) is 15.9. The summed E-state index contributed by atoms with van der Waals surface area (Å²) < 4.78 is 53.2. The number of benzene rings is 3. The first-order chi connectivity index (χ1) is 14.3. The third-order valence-corrected chi connectivity index (χ3v) is 5.75. The van der Waals surface area contributed by atoms with E-state index in [0.29, 0.717) is 18.2 Å². The van der Waals surface area contributed by atoms with Crippen LogP contribution in [0.25, 0.3) is 0 Å². The van der Waals surface area contributed by atoms with Crippen molar-refractivity contribution in [2.24, 2.45) is 0 Å². The number of aryl methyl sites for hydroxylation is 1. The van der Waals surface area contributed by atoms with Crippen LogP contribution < -0.4 is 10.0 Å². The van der Waals surface area contributed by atoms with Crippen molar-refractivity contribution < 1.29 is 22.0 Å². The highest BCUT2D eigenvalue weighted by atomic mass is 32.2. The van der Waals surface area contributed by atoms with E-state index in [0.717, 1.165) is 25.0 Å². The monoisotopic (exact) mass is 430 g/mol. The SMILES string of the molecule is O=C(NCCCc1ccccc1)c1ccc(NS(=O)(=O)c2ccc(F)c(F)c2)cc1. The van der Waals surface area contributed by atoms with Crippen LogP contribution >= 0.6 is 0 Å². The summed E-state index contributed by atoms with van der Waals surface area (Å²) in [5.41, 5.74) is 1.77. The van der Waals surface area contributed by atoms with Gasteiger partial charge in [0, 0.05) is 17.8 Å². The molecular weight excluding hydrogens is 410 g/mol. The fourth-order valence-corrected chi connectivity index (χ4v) is 3.86. The van der Waals surface area contributed by atoms with E-state index in [4.69, 9.17) is 0 Å². The molecule has 3 aromatic rings. The van der Waals surface area contributed by atoms with Crippen LogP contribution in [0.15, 0.2) is 77.7 Å². The molecule has 30 heavy (non-hydrogen) atoms. The molecular formula is C22H20F2N2O3S. The third kappa shape index (κ3) is 5.64. The first kappa shape index (κ1) is 21.4. The van der Waals surface area contributed by atoms with E-state index < -0.39 is 26.6 Å². The van der Waals surface area contributed by atoms with Gasteiger partial charge in [-0.05, 0) is 60.9 Å². The highest BCUT2D eigenvalue weighted by Crippen LogP contribution is 2.18. The zero-order valence-corrected chi connectivity index (χ0v) is 16.8. The summed E-state index contributed by atoms with van der Waals surface area (Å²) in [6, 6.07) is 18.1. The number of hydrogen-bond acceptors (Lipinski definition) is 3. The first-order valence-corrected chi connectivity index (χ1v) is 10.7. The second kappa shape index (κ2) is 9.49. The molecule has 0 saturated heterocycles. The zero-order chi connectivity index (χ0) is 21.6. The molecule has 0 unspecified atom stereocenters. The molecule has 0 bridgehead atoms. The van der Waals surface area contributed by atoms with E-state index in [1.165, 1.54) is 29.8 Å². The molecule has 0 atom stereocenters. The Hall–Kier alpha value is -3.26. The Morgan fingerprint density at radius 1 is 0.867 bits per heavy atom. The fraction of sp³-hybridized carbons (Fsp3) is 0.136. The van der Waals surface area contributed by atoms with Crippen LogP contribution in [0, 0.1) is 11.6 Å². The lowest BCUT2D eigenvalue weighted by Gasteiger charge is -2.10. The van der Waals surface area contributed by atoms with Gasteiger partial charge in [-0.1, -0.05) is 30.3 Å². The van der Waals surface area contributed by atoms with Crippen LogP contribution in [0.3, 0.4) is 0 Å². The average Bonchev–Trinajstić information content (AvgIpc) is 2.74. The number of hydrogen-bond donors (Lipinski definition) is 2. The molecule has 0 saturated carbocycles. The number of carbonyl (C=O) groups is 1. The summed E-state index contributed by atoms with van der Waals surface area (Å²) in [6.45, 7) is 0.512. The van der Waals surface area contributed by atoms with Crippen molar-refractivity contribution in [2.45, 2.75) is 17.7 Å². The molecule has 2 N–H and O–H groups in total. The molecule has 8 heteroatoms. The number of rotatable bonds is 8. The van der Waals surface area contributed by atoms with E-state index in [2.05, 4.69) is 10.0 Å². The van der Waals surface area contributed by atoms with E-state index in [1.807, 2.05) is 30.3 Å². The van der Waals surface area contributed by atoms with Gasteiger partial charge in [0.25, 0.3) is 15.9 Å². The summed E-state index contributed by atoms with van der Waals surface area (Å²) in [5, 5.41) is 2.82. The lowest BCUT2D eigenvalue weighted by Crippen LogP contribution is -2.24. The van der Waals surface area contributed by atoms with Crippen molar-refractivity contribution >= 4 is 21.6 Å². The fourth-order valence-electron chi connectivity index (χ4n) is 2.79. The minimum Gasteiger partial charge on any atom is -0.352 e. The maximum Gasteiger partial charge on any atom is 0.261 e. The molecule has 0 spiro atoms. The molecule has 0 aromatic heterocycles. The molecule has 0 aliphatic rings. The van der Waals surface area contributed by atoms with Crippen LogP contribution in [0.2, 0.25) is 0 Å². The Bertz CT molecular complexity index is 1120. The number of sulfonamides is 1. The van der Waals surface area contributed by atoms with E-state index in [1.54, 1.807) is 0 Å². The maximum absolute atomic E-state index is 13.3. The Morgan fingerprint density at radius 3 is 2.23 bits per heavy atom. The molecule has 3 rings (SSSR count). The number of halogens is 2. The maximum atomic E-state index is 13.3. The highest BCUT2D eigenvalue weighted by Gasteiger charge is 2.17. The van der Waals surface area contributed by atoms with Gasteiger partial charge in [0.15, 0.2) is 11.6 Å². The summed E-state index contributed by atoms with van der Waals surface area (Å²) in [5.74, 6) is -2.65. The van der Waals surface area contributed by atoms with Crippen LogP contribution in [0.5, 0.6) is 0 Å². The quantitative estimate of drug-likeness (QED) is 0.528. The average molecular weight is 430 g/mol. The topological polar surface area (TPSA) is 75.3 Å². The van der Waals surface area contributed by atoms with Crippen LogP contribution in [0.1, 0.15) is 22.3 Å². The largest absolute Gasteiger partial charge is 0.352 e. The van der Waals surface area contributed by atoms with E-state index in [9.17, 15) is 22.0 Å². The van der Waals surface area contributed by atoms with Crippen LogP contribution in [-0.4, -0.2) is 20.9 Å². The molecule has 0 heterocycles. The smallest absolute Gasteiger partial charge is 0.261 e. The number of carbonyl (C=O) groups excluding carboxylic acids is 1. The molecule has 3 aromatic carbocycles. The van der Waals surface area contributed by atoms with Crippen molar-refractivity contribution in [1.82, 2.24) is 5.32 Å². The first-order valence-electron chi connectivity index (χ1n) is 9.25. The van der Waals surface area contributed by atoms with Gasteiger partial charge >= 0.3 is 0 Å². The van der Waals surface area contributed by atoms with Gasteiger partial charge in [-0.2, -0.15) is 0 Å². The van der Waals surface area contributed by atoms with Gasteiger partial charge < -0.3 is 5.32 Å². The Kier molecular flexibility index (Phi) is 6.79. The van der Waals surface area contributed by atoms with Crippen LogP contribution in [0.4, 0.5) is 14.5 Å². The van der Waals surface area contributed by atoms with Crippen molar-refractivity contribution in [2.75, 3.05) is 11.3 Å². The van der Waals surface area contributed by atoms with Gasteiger partial charge in [-0.25, -0.2) is 17.2 Å². The lowest BCUT2D eigenvalue weighted by atomic mass is 10.1. The molecule has 156 valence electrons. The van der Waals surface area contributed by atoms with Gasteiger partial charge in [0.1, 0.15) is 0 Å². The van der Waals surface area contributed by atoms with E-state index in [-0.39, 0.29) is 11.6 Å². The van der Waals surface area contributed by atoms with Crippen molar-refractivity contribution in [3.8, 4) is 0 Å². The molecule has 0 aliphatic heterocycles. The summed E-state index contributed by atoms with van der Waals surface area (Å²) in [4.78, 5) is 11.8. The van der Waals surface area contributed by atoms with Crippen LogP contribution in [-0.2, 0) is 16.4 Å². The molecule has 0 radical (unpaired) electrons. The minimum atomic E-state index is -4.09. The predicted octanol–water partition coefficient (Wildman–Crippen LogP) is 4.13. The number of amides is 1. The second-order valence-corrected chi connectivity index (χ2v) is 8.29. The minimum absolute atomic E-state index is 0.195. The third-order valence-electron chi connectivity index (χ3n) is 4.37. The van der Waals surface area contributed by atoms with Crippen molar-refractivity contribution in [3.05, 3.63) is 95.6 Å². The normalized spacial score (nSPS) is 11.1. The molecule has 1 amide bonds. The van der Waals surface area contributed by atoms with Gasteiger partial charge in [-0.3, -0.25) is 9.52 Å². The van der Waals surface area contributed by atoms with Crippen molar-refractivity contribution in [3.63, 3.8) is 0 Å². The molecule has 0 aliphatic carbocycles. The van der Waals surface area contributed by atoms with Gasteiger partial charge in [-0.15, -0.1) is 0 Å². The Balaban J connectivity index is 1.54. The molecule has 5 nitrogen and oxygen atoms in total. The van der Waals surface area contributed by atoms with Gasteiger partial charge in [0.2, 0.25) is 0 Å². The summed E-state index contributed by atoms with van der Waals surface area (Å²) in [6.07, 6.45) is 1.65. The number of anilines is 1. The highest BCUT2D eigenvalue weighted by molar-refractivity contribution is 7.92. The number of nitrogens with one attached hydrogen (secondary N) is 2. The summed E-state index contributed by atoms with van der Waals surface area (Å²) in [7, 11) is -4.09. The molecule has 0 fully saturated rings. The van der Waals surface area contributed by atoms with Crippen molar-refractivity contribution in [1.29, 1.82) is 0 Å². The van der Waals surface area contributed by atoms with E-state index >= 15 is 0 Å². The Morgan fingerprint density at radius 2 is 1.57 bits per heavy atom.